The largest absolute Gasteiger partial charge is 0.381 e. The van der Waals surface area contributed by atoms with E-state index in [2.05, 4.69) is 19.2 Å². The molecule has 2 unspecified atom stereocenters. The maximum atomic E-state index is 6.19. The summed E-state index contributed by atoms with van der Waals surface area (Å²) in [4.78, 5) is 0. The maximum absolute atomic E-state index is 6.19. The van der Waals surface area contributed by atoms with Crippen molar-refractivity contribution in [2.45, 2.75) is 38.8 Å². The molecule has 1 aromatic rings. The van der Waals surface area contributed by atoms with Crippen molar-refractivity contribution in [3.8, 4) is 0 Å². The summed E-state index contributed by atoms with van der Waals surface area (Å²) in [5, 5.41) is 4.67. The molecule has 1 N–H and O–H groups in total. The first-order chi connectivity index (χ1) is 8.58. The van der Waals surface area contributed by atoms with Gasteiger partial charge in [-0.05, 0) is 30.9 Å². The zero-order valence-corrected chi connectivity index (χ0v) is 12.3. The average molecular weight is 288 g/mol. The van der Waals surface area contributed by atoms with Gasteiger partial charge in [-0.2, -0.15) is 0 Å². The van der Waals surface area contributed by atoms with Crippen LogP contribution < -0.4 is 5.32 Å². The smallest absolute Gasteiger partial charge is 0.0823 e. The fourth-order valence-electron chi connectivity index (χ4n) is 2.26. The van der Waals surface area contributed by atoms with Crippen LogP contribution in [0.5, 0.6) is 0 Å². The van der Waals surface area contributed by atoms with Gasteiger partial charge in [0.15, 0.2) is 0 Å². The third-order valence-electron chi connectivity index (χ3n) is 3.37. The van der Waals surface area contributed by atoms with Gasteiger partial charge in [-0.3, -0.25) is 0 Å². The van der Waals surface area contributed by atoms with Crippen molar-refractivity contribution in [3.05, 3.63) is 28.2 Å². The van der Waals surface area contributed by atoms with Crippen LogP contribution >= 0.6 is 23.2 Å². The second kappa shape index (κ2) is 6.14. The van der Waals surface area contributed by atoms with Gasteiger partial charge in [-0.1, -0.05) is 43.1 Å². The Hall–Kier alpha value is -0.440. The molecule has 0 bridgehead atoms. The Kier molecular flexibility index (Phi) is 4.77. The summed E-state index contributed by atoms with van der Waals surface area (Å²) in [6, 6.07) is 6.09. The van der Waals surface area contributed by atoms with Crippen LogP contribution in [0.25, 0.3) is 0 Å². The van der Waals surface area contributed by atoms with Crippen molar-refractivity contribution in [2.24, 2.45) is 5.92 Å². The van der Waals surface area contributed by atoms with Crippen LogP contribution in [0.2, 0.25) is 10.0 Å². The molecule has 1 aliphatic heterocycles. The molecular weight excluding hydrogens is 269 g/mol. The van der Waals surface area contributed by atoms with Crippen LogP contribution in [0.15, 0.2) is 18.2 Å². The lowest BCUT2D eigenvalue weighted by atomic mass is 9.95. The minimum atomic E-state index is 0.328. The van der Waals surface area contributed by atoms with Crippen LogP contribution in [-0.4, -0.2) is 18.8 Å². The van der Waals surface area contributed by atoms with Gasteiger partial charge in [-0.15, -0.1) is 0 Å². The fraction of sp³-hybridized carbons (Fsp3) is 0.571. The highest BCUT2D eigenvalue weighted by Gasteiger charge is 2.25. The molecule has 2 atom stereocenters. The molecule has 1 fully saturated rings. The van der Waals surface area contributed by atoms with E-state index in [-0.39, 0.29) is 0 Å². The van der Waals surface area contributed by atoms with Gasteiger partial charge in [0.1, 0.15) is 0 Å². The van der Waals surface area contributed by atoms with Gasteiger partial charge in [0.25, 0.3) is 0 Å². The Balaban J connectivity index is 2.03. The summed E-state index contributed by atoms with van der Waals surface area (Å²) in [6.45, 7) is 5.19. The lowest BCUT2D eigenvalue weighted by Crippen LogP contribution is -2.36. The molecule has 0 aromatic heterocycles. The van der Waals surface area contributed by atoms with E-state index in [1.165, 1.54) is 0 Å². The monoisotopic (exact) mass is 287 g/mol. The van der Waals surface area contributed by atoms with Gasteiger partial charge >= 0.3 is 0 Å². The molecule has 0 saturated carbocycles. The molecule has 1 aliphatic rings. The molecule has 18 heavy (non-hydrogen) atoms. The topological polar surface area (TPSA) is 21.3 Å². The zero-order chi connectivity index (χ0) is 13.1. The fourth-order valence-corrected chi connectivity index (χ4v) is 2.61. The van der Waals surface area contributed by atoms with E-state index in [0.717, 1.165) is 25.1 Å². The normalized spacial score (nSPS) is 24.3. The Morgan fingerprint density at radius 3 is 2.83 bits per heavy atom. The van der Waals surface area contributed by atoms with Crippen molar-refractivity contribution < 1.29 is 4.74 Å². The van der Waals surface area contributed by atoms with Gasteiger partial charge < -0.3 is 10.1 Å². The van der Waals surface area contributed by atoms with Gasteiger partial charge in [0.05, 0.1) is 21.8 Å². The highest BCUT2D eigenvalue weighted by Crippen LogP contribution is 2.31. The molecule has 1 heterocycles. The molecular formula is C14H19Cl2NO. The van der Waals surface area contributed by atoms with Crippen molar-refractivity contribution in [1.82, 2.24) is 0 Å². The molecule has 100 valence electrons. The summed E-state index contributed by atoms with van der Waals surface area (Å²) < 4.78 is 5.76. The summed E-state index contributed by atoms with van der Waals surface area (Å²) >= 11 is 12.2. The molecule has 0 aliphatic carbocycles. The van der Waals surface area contributed by atoms with E-state index in [1.54, 1.807) is 6.07 Å². The number of ether oxygens (including phenoxy) is 1. The summed E-state index contributed by atoms with van der Waals surface area (Å²) in [5.41, 5.74) is 0.915. The molecule has 0 amide bonds. The average Bonchev–Trinajstić information content (AvgIpc) is 2.35. The Labute approximate surface area is 119 Å². The molecule has 2 nitrogen and oxygen atoms in total. The number of hydrogen-bond acceptors (Lipinski definition) is 2. The molecule has 1 aromatic carbocycles. The quantitative estimate of drug-likeness (QED) is 0.877. The van der Waals surface area contributed by atoms with E-state index in [9.17, 15) is 0 Å². The number of benzene rings is 1. The standard InChI is InChI=1S/C14H19Cl2NO/c1-9(2)13-8-10(6-7-18-13)17-12-5-3-4-11(15)14(12)16/h3-5,9-10,13,17H,6-8H2,1-2H3. The van der Waals surface area contributed by atoms with Crippen LogP contribution in [0.4, 0.5) is 5.69 Å². The number of anilines is 1. The zero-order valence-electron chi connectivity index (χ0n) is 10.7. The molecule has 1 saturated heterocycles. The van der Waals surface area contributed by atoms with Crippen LogP contribution in [-0.2, 0) is 4.74 Å². The van der Waals surface area contributed by atoms with E-state index in [4.69, 9.17) is 27.9 Å². The number of rotatable bonds is 3. The number of nitrogens with one attached hydrogen (secondary N) is 1. The lowest BCUT2D eigenvalue weighted by molar-refractivity contribution is -0.0160. The van der Waals surface area contributed by atoms with Gasteiger partial charge in [0, 0.05) is 12.6 Å². The van der Waals surface area contributed by atoms with E-state index >= 15 is 0 Å². The third kappa shape index (κ3) is 3.31. The maximum Gasteiger partial charge on any atom is 0.0823 e. The summed E-state index contributed by atoms with van der Waals surface area (Å²) in [6.07, 6.45) is 2.35. The highest BCUT2D eigenvalue weighted by molar-refractivity contribution is 6.43. The minimum Gasteiger partial charge on any atom is -0.381 e. The molecule has 2 rings (SSSR count). The van der Waals surface area contributed by atoms with Gasteiger partial charge in [-0.25, -0.2) is 0 Å². The summed E-state index contributed by atoms with van der Waals surface area (Å²) in [7, 11) is 0. The highest BCUT2D eigenvalue weighted by atomic mass is 35.5. The molecule has 4 heteroatoms. The first-order valence-corrected chi connectivity index (χ1v) is 7.15. The second-order valence-corrected chi connectivity index (χ2v) is 5.91. The van der Waals surface area contributed by atoms with Crippen molar-refractivity contribution in [1.29, 1.82) is 0 Å². The van der Waals surface area contributed by atoms with Crippen LogP contribution in [0.3, 0.4) is 0 Å². The number of halogens is 2. The molecule has 0 spiro atoms. The first kappa shape index (κ1) is 14.0. The Bertz CT molecular complexity index is 409. The SMILES string of the molecule is CC(C)C1CC(Nc2cccc(Cl)c2Cl)CCO1. The van der Waals surface area contributed by atoms with Crippen molar-refractivity contribution >= 4 is 28.9 Å². The third-order valence-corrected chi connectivity index (χ3v) is 4.19. The Morgan fingerprint density at radius 2 is 2.11 bits per heavy atom. The Morgan fingerprint density at radius 1 is 1.33 bits per heavy atom. The van der Waals surface area contributed by atoms with Gasteiger partial charge in [0.2, 0.25) is 0 Å². The van der Waals surface area contributed by atoms with Crippen molar-refractivity contribution in [2.75, 3.05) is 11.9 Å². The van der Waals surface area contributed by atoms with Crippen molar-refractivity contribution in [3.63, 3.8) is 0 Å². The summed E-state index contributed by atoms with van der Waals surface area (Å²) in [5.74, 6) is 0.546. The predicted octanol–water partition coefficient (Wildman–Crippen LogP) is 4.61. The van der Waals surface area contributed by atoms with Crippen LogP contribution in [0.1, 0.15) is 26.7 Å². The minimum absolute atomic E-state index is 0.328. The van der Waals surface area contributed by atoms with E-state index in [1.807, 2.05) is 12.1 Å². The molecule has 0 radical (unpaired) electrons. The number of hydrogen-bond donors (Lipinski definition) is 1. The first-order valence-electron chi connectivity index (χ1n) is 6.40. The van der Waals surface area contributed by atoms with E-state index < -0.39 is 0 Å². The van der Waals surface area contributed by atoms with Crippen LogP contribution in [0, 0.1) is 5.92 Å². The predicted molar refractivity (Wildman–Crippen MR) is 77.7 cm³/mol. The second-order valence-electron chi connectivity index (χ2n) is 5.12. The lowest BCUT2D eigenvalue weighted by Gasteiger charge is -2.33. The van der Waals surface area contributed by atoms with E-state index in [0.29, 0.717) is 28.1 Å².